The van der Waals surface area contributed by atoms with E-state index in [0.29, 0.717) is 6.42 Å². The molecule has 0 fully saturated rings. The molecule has 0 aliphatic carbocycles. The fourth-order valence-electron chi connectivity index (χ4n) is 1.52. The van der Waals surface area contributed by atoms with Crippen LogP contribution in [0.4, 0.5) is 0 Å². The van der Waals surface area contributed by atoms with Crippen LogP contribution in [0.15, 0.2) is 0 Å². The molecular weight excluding hydrogens is 164 g/mol. The molecule has 0 aliphatic rings. The minimum atomic E-state index is -0.559. The Hall–Kier alpha value is -0.0800. The molecule has 0 amide bonds. The maximum atomic E-state index is 9.83. The summed E-state index contributed by atoms with van der Waals surface area (Å²) in [4.78, 5) is 0. The lowest BCUT2D eigenvalue weighted by Gasteiger charge is -2.22. The zero-order valence-electron chi connectivity index (χ0n) is 9.05. The topological polar surface area (TPSA) is 40.5 Å². The molecule has 2 heteroatoms. The first kappa shape index (κ1) is 12.9. The Morgan fingerprint density at radius 1 is 1.00 bits per heavy atom. The first-order chi connectivity index (χ1) is 6.12. The highest BCUT2D eigenvalue weighted by atomic mass is 16.3. The first-order valence-electron chi connectivity index (χ1n) is 5.45. The number of hydrogen-bond donors (Lipinski definition) is 2. The lowest BCUT2D eigenvalue weighted by molar-refractivity contribution is 0.0326. The second-order valence-electron chi connectivity index (χ2n) is 4.13. The van der Waals surface area contributed by atoms with Crippen LogP contribution in [-0.2, 0) is 0 Å². The molecule has 2 nitrogen and oxygen atoms in total. The van der Waals surface area contributed by atoms with Crippen LogP contribution in [0.2, 0.25) is 0 Å². The molecule has 80 valence electrons. The van der Waals surface area contributed by atoms with Crippen molar-refractivity contribution in [1.82, 2.24) is 0 Å². The minimum absolute atomic E-state index is 0.186. The zero-order chi connectivity index (χ0) is 10.2. The molecule has 2 N–H and O–H groups in total. The van der Waals surface area contributed by atoms with Crippen LogP contribution < -0.4 is 0 Å². The molecule has 0 saturated carbocycles. The van der Waals surface area contributed by atoms with Gasteiger partial charge in [-0.1, -0.05) is 32.6 Å². The molecule has 0 radical (unpaired) electrons. The highest BCUT2D eigenvalue weighted by Crippen LogP contribution is 2.20. The van der Waals surface area contributed by atoms with Gasteiger partial charge in [-0.15, -0.1) is 0 Å². The molecule has 0 heterocycles. The van der Waals surface area contributed by atoms with E-state index in [2.05, 4.69) is 6.92 Å². The maximum absolute atomic E-state index is 9.83. The van der Waals surface area contributed by atoms with Gasteiger partial charge in [-0.3, -0.25) is 0 Å². The van der Waals surface area contributed by atoms with E-state index in [1.165, 1.54) is 19.3 Å². The summed E-state index contributed by atoms with van der Waals surface area (Å²) in [6, 6.07) is 0. The molecular formula is C11H24O2. The van der Waals surface area contributed by atoms with Crippen LogP contribution in [0, 0.1) is 0 Å². The highest BCUT2D eigenvalue weighted by Gasteiger charge is 2.18. The molecule has 1 unspecified atom stereocenters. The number of aliphatic hydroxyl groups excluding tert-OH is 1. The summed E-state index contributed by atoms with van der Waals surface area (Å²) in [5.74, 6) is 0. The van der Waals surface area contributed by atoms with E-state index < -0.39 is 5.60 Å². The van der Waals surface area contributed by atoms with Gasteiger partial charge in [0.15, 0.2) is 0 Å². The highest BCUT2D eigenvalue weighted by molar-refractivity contribution is 4.71. The number of rotatable bonds is 8. The van der Waals surface area contributed by atoms with Crippen LogP contribution >= 0.6 is 0 Å². The smallest absolute Gasteiger partial charge is 0.0620 e. The van der Waals surface area contributed by atoms with Crippen LogP contribution in [0.25, 0.3) is 0 Å². The Balaban J connectivity index is 3.39. The van der Waals surface area contributed by atoms with Crippen molar-refractivity contribution in [3.63, 3.8) is 0 Å². The standard InChI is InChI=1S/C11H24O2/c1-3-4-5-6-8-11(2,13)9-7-10-12/h12-13H,3-10H2,1-2H3. The summed E-state index contributed by atoms with van der Waals surface area (Å²) in [6.07, 6.45) is 7.11. The van der Waals surface area contributed by atoms with Gasteiger partial charge >= 0.3 is 0 Å². The van der Waals surface area contributed by atoms with E-state index >= 15 is 0 Å². The van der Waals surface area contributed by atoms with Crippen molar-refractivity contribution in [2.75, 3.05) is 6.61 Å². The Kier molecular flexibility index (Phi) is 7.29. The van der Waals surface area contributed by atoms with E-state index in [4.69, 9.17) is 5.11 Å². The molecule has 0 rings (SSSR count). The summed E-state index contributed by atoms with van der Waals surface area (Å²) < 4.78 is 0. The van der Waals surface area contributed by atoms with E-state index in [1.54, 1.807) is 0 Å². The van der Waals surface area contributed by atoms with Gasteiger partial charge in [0.25, 0.3) is 0 Å². The Labute approximate surface area is 82.0 Å². The second kappa shape index (κ2) is 7.34. The summed E-state index contributed by atoms with van der Waals surface area (Å²) >= 11 is 0. The van der Waals surface area contributed by atoms with Crippen molar-refractivity contribution in [2.24, 2.45) is 0 Å². The average Bonchev–Trinajstić information content (AvgIpc) is 2.09. The van der Waals surface area contributed by atoms with Crippen molar-refractivity contribution in [3.05, 3.63) is 0 Å². The van der Waals surface area contributed by atoms with E-state index in [0.717, 1.165) is 19.3 Å². The van der Waals surface area contributed by atoms with Crippen molar-refractivity contribution in [2.45, 2.75) is 64.4 Å². The molecule has 0 saturated heterocycles. The molecule has 0 aliphatic heterocycles. The van der Waals surface area contributed by atoms with Gasteiger partial charge in [0.05, 0.1) is 5.60 Å². The third kappa shape index (κ3) is 8.26. The van der Waals surface area contributed by atoms with E-state index in [9.17, 15) is 5.11 Å². The zero-order valence-corrected chi connectivity index (χ0v) is 9.05. The SMILES string of the molecule is CCCCCCC(C)(O)CCCO. The first-order valence-corrected chi connectivity index (χ1v) is 5.45. The van der Waals surface area contributed by atoms with Crippen molar-refractivity contribution in [3.8, 4) is 0 Å². The maximum Gasteiger partial charge on any atom is 0.0620 e. The van der Waals surface area contributed by atoms with Crippen molar-refractivity contribution < 1.29 is 10.2 Å². The molecule has 0 aromatic heterocycles. The van der Waals surface area contributed by atoms with Gasteiger partial charge in [-0.05, 0) is 26.2 Å². The second-order valence-corrected chi connectivity index (χ2v) is 4.13. The predicted octanol–water partition coefficient (Wildman–Crippen LogP) is 2.48. The lowest BCUT2D eigenvalue weighted by Crippen LogP contribution is -2.24. The van der Waals surface area contributed by atoms with Crippen molar-refractivity contribution in [1.29, 1.82) is 0 Å². The molecule has 13 heavy (non-hydrogen) atoms. The van der Waals surface area contributed by atoms with Crippen LogP contribution in [0.5, 0.6) is 0 Å². The quantitative estimate of drug-likeness (QED) is 0.574. The fraction of sp³-hybridized carbons (Fsp3) is 1.00. The van der Waals surface area contributed by atoms with Gasteiger partial charge in [-0.2, -0.15) is 0 Å². The number of hydrogen-bond acceptors (Lipinski definition) is 2. The summed E-state index contributed by atoms with van der Waals surface area (Å²) in [5.41, 5.74) is -0.559. The molecule has 1 atom stereocenters. The molecule has 0 spiro atoms. The third-order valence-corrected chi connectivity index (χ3v) is 2.44. The number of aliphatic hydroxyl groups is 2. The van der Waals surface area contributed by atoms with E-state index in [1.807, 2.05) is 6.92 Å². The van der Waals surface area contributed by atoms with E-state index in [-0.39, 0.29) is 6.61 Å². The Morgan fingerprint density at radius 3 is 2.15 bits per heavy atom. The van der Waals surface area contributed by atoms with Gasteiger partial charge in [0.2, 0.25) is 0 Å². The van der Waals surface area contributed by atoms with Gasteiger partial charge in [-0.25, -0.2) is 0 Å². The Morgan fingerprint density at radius 2 is 1.62 bits per heavy atom. The van der Waals surface area contributed by atoms with Gasteiger partial charge < -0.3 is 10.2 Å². The van der Waals surface area contributed by atoms with Crippen LogP contribution in [0.3, 0.4) is 0 Å². The largest absolute Gasteiger partial charge is 0.396 e. The van der Waals surface area contributed by atoms with Crippen molar-refractivity contribution >= 4 is 0 Å². The van der Waals surface area contributed by atoms with Crippen LogP contribution in [0.1, 0.15) is 58.8 Å². The average molecular weight is 188 g/mol. The summed E-state index contributed by atoms with van der Waals surface area (Å²) in [7, 11) is 0. The Bertz CT molecular complexity index is 111. The number of unbranched alkanes of at least 4 members (excludes halogenated alkanes) is 3. The molecule has 0 aromatic rings. The third-order valence-electron chi connectivity index (χ3n) is 2.44. The monoisotopic (exact) mass is 188 g/mol. The summed E-state index contributed by atoms with van der Waals surface area (Å²) in [6.45, 7) is 4.24. The molecule has 0 bridgehead atoms. The predicted molar refractivity (Wildman–Crippen MR) is 55.7 cm³/mol. The van der Waals surface area contributed by atoms with Crippen LogP contribution in [-0.4, -0.2) is 22.4 Å². The van der Waals surface area contributed by atoms with Gasteiger partial charge in [0.1, 0.15) is 0 Å². The summed E-state index contributed by atoms with van der Waals surface area (Å²) in [5, 5.41) is 18.5. The fourth-order valence-corrected chi connectivity index (χ4v) is 1.52. The minimum Gasteiger partial charge on any atom is -0.396 e. The normalized spacial score (nSPS) is 15.7. The lowest BCUT2D eigenvalue weighted by atomic mass is 9.93. The van der Waals surface area contributed by atoms with Gasteiger partial charge in [0, 0.05) is 6.61 Å². The molecule has 0 aromatic carbocycles.